The maximum atomic E-state index is 15.1. The van der Waals surface area contributed by atoms with Crippen LogP contribution >= 0.6 is 7.60 Å². The van der Waals surface area contributed by atoms with E-state index in [2.05, 4.69) is 6.92 Å². The Morgan fingerprint density at radius 1 is 0.622 bits per heavy atom. The molecule has 37 heavy (non-hydrogen) atoms. The number of hydrogen-bond donors (Lipinski definition) is 0. The van der Waals surface area contributed by atoms with E-state index in [-0.39, 0.29) is 19.0 Å². The maximum absolute atomic E-state index is 15.1. The van der Waals surface area contributed by atoms with Crippen LogP contribution in [0.4, 0.5) is 8.78 Å². The van der Waals surface area contributed by atoms with Crippen LogP contribution in [0, 0.1) is 11.6 Å². The van der Waals surface area contributed by atoms with Gasteiger partial charge >= 0.3 is 7.60 Å². The molecule has 0 bridgehead atoms. The quantitative estimate of drug-likeness (QED) is 0.196. The molecule has 0 aliphatic carbocycles. The fraction of sp³-hybridized carbons (Fsp3) is 0.226. The highest BCUT2D eigenvalue weighted by Crippen LogP contribution is 2.47. The second kappa shape index (κ2) is 12.0. The van der Waals surface area contributed by atoms with Gasteiger partial charge in [-0.25, -0.2) is 8.78 Å². The molecule has 6 heteroatoms. The Hall–Kier alpha value is -3.11. The van der Waals surface area contributed by atoms with Crippen LogP contribution in [-0.4, -0.2) is 13.2 Å². The molecule has 4 rings (SSSR count). The van der Waals surface area contributed by atoms with Gasteiger partial charge in [0.1, 0.15) is 11.6 Å². The lowest BCUT2D eigenvalue weighted by Gasteiger charge is -2.17. The molecule has 0 unspecified atom stereocenters. The lowest BCUT2D eigenvalue weighted by atomic mass is 9.96. The molecule has 0 saturated heterocycles. The van der Waals surface area contributed by atoms with Gasteiger partial charge in [-0.3, -0.25) is 4.57 Å². The third-order valence-electron chi connectivity index (χ3n) is 6.17. The zero-order chi connectivity index (χ0) is 26.4. The van der Waals surface area contributed by atoms with E-state index in [4.69, 9.17) is 9.05 Å². The SMILES string of the molecule is CCCc1ccc(-c2ccc(-c3ccc(-c4ccc(P(=O)(OCC)OCC)cc4)c(F)c3)cc2F)cc1. The summed E-state index contributed by atoms with van der Waals surface area (Å²) in [6.07, 6.45) is 2.06. The van der Waals surface area contributed by atoms with Crippen molar-refractivity contribution >= 4 is 12.9 Å². The monoisotopic (exact) mass is 520 g/mol. The Morgan fingerprint density at radius 2 is 1.05 bits per heavy atom. The summed E-state index contributed by atoms with van der Waals surface area (Å²) >= 11 is 0. The average Bonchev–Trinajstić information content (AvgIpc) is 2.90. The van der Waals surface area contributed by atoms with E-state index in [1.165, 1.54) is 17.7 Å². The normalized spacial score (nSPS) is 11.6. The zero-order valence-electron chi connectivity index (χ0n) is 21.3. The van der Waals surface area contributed by atoms with Crippen molar-refractivity contribution in [2.45, 2.75) is 33.6 Å². The van der Waals surface area contributed by atoms with Crippen molar-refractivity contribution in [1.29, 1.82) is 0 Å². The first kappa shape index (κ1) is 26.9. The first-order valence-electron chi connectivity index (χ1n) is 12.6. The molecule has 0 atom stereocenters. The third-order valence-corrected chi connectivity index (χ3v) is 8.29. The molecule has 192 valence electrons. The minimum atomic E-state index is -3.41. The fourth-order valence-electron chi connectivity index (χ4n) is 4.35. The lowest BCUT2D eigenvalue weighted by Crippen LogP contribution is -2.10. The molecule has 0 aromatic heterocycles. The number of halogens is 2. The molecule has 0 aliphatic rings. The van der Waals surface area contributed by atoms with Crippen LogP contribution in [0.3, 0.4) is 0 Å². The summed E-state index contributed by atoms with van der Waals surface area (Å²) in [5, 5.41) is 0.424. The summed E-state index contributed by atoms with van der Waals surface area (Å²) in [6, 6.07) is 24.4. The maximum Gasteiger partial charge on any atom is 0.361 e. The summed E-state index contributed by atoms with van der Waals surface area (Å²) in [5.41, 5.74) is 4.75. The van der Waals surface area contributed by atoms with Crippen LogP contribution in [0.2, 0.25) is 0 Å². The Kier molecular flexibility index (Phi) is 8.71. The standard InChI is InChI=1S/C31H31F2O3P/c1-4-7-22-8-10-23(11-9-22)28-18-14-25(20-30(28)32)26-15-19-29(31(33)21-26)24-12-16-27(17-13-24)37(34,35-5-2)36-6-3/h8-21H,4-7H2,1-3H3. The van der Waals surface area contributed by atoms with Crippen LogP contribution in [0.1, 0.15) is 32.8 Å². The van der Waals surface area contributed by atoms with E-state index in [0.29, 0.717) is 33.1 Å². The molecule has 0 aliphatic heterocycles. The molecule has 0 heterocycles. The van der Waals surface area contributed by atoms with Crippen molar-refractivity contribution in [3.05, 3.63) is 102 Å². The molecular weight excluding hydrogens is 489 g/mol. The Balaban J connectivity index is 1.57. The van der Waals surface area contributed by atoms with Gasteiger partial charge in [0, 0.05) is 11.1 Å². The zero-order valence-corrected chi connectivity index (χ0v) is 22.2. The van der Waals surface area contributed by atoms with E-state index in [1.807, 2.05) is 24.3 Å². The van der Waals surface area contributed by atoms with Gasteiger partial charge in [-0.1, -0.05) is 74.0 Å². The molecular formula is C31H31F2O3P. The lowest BCUT2D eigenvalue weighted by molar-refractivity contribution is 0.230. The fourth-order valence-corrected chi connectivity index (χ4v) is 5.91. The number of aryl methyl sites for hydroxylation is 1. The van der Waals surface area contributed by atoms with E-state index >= 15 is 8.78 Å². The van der Waals surface area contributed by atoms with E-state index in [1.54, 1.807) is 62.4 Å². The number of hydrogen-bond acceptors (Lipinski definition) is 3. The Morgan fingerprint density at radius 3 is 1.46 bits per heavy atom. The average molecular weight is 521 g/mol. The van der Waals surface area contributed by atoms with Crippen molar-refractivity contribution in [2.24, 2.45) is 0 Å². The predicted molar refractivity (Wildman–Crippen MR) is 147 cm³/mol. The molecule has 3 nitrogen and oxygen atoms in total. The van der Waals surface area contributed by atoms with Crippen molar-refractivity contribution < 1.29 is 22.4 Å². The van der Waals surface area contributed by atoms with Crippen molar-refractivity contribution in [3.63, 3.8) is 0 Å². The number of benzene rings is 4. The highest BCUT2D eigenvalue weighted by atomic mass is 31.2. The molecule has 0 spiro atoms. The third kappa shape index (κ3) is 6.07. The highest BCUT2D eigenvalue weighted by molar-refractivity contribution is 7.62. The van der Waals surface area contributed by atoms with Gasteiger partial charge < -0.3 is 9.05 Å². The summed E-state index contributed by atoms with van der Waals surface area (Å²) in [6.45, 7) is 6.13. The van der Waals surface area contributed by atoms with Gasteiger partial charge in [0.05, 0.1) is 18.5 Å². The first-order chi connectivity index (χ1) is 17.9. The largest absolute Gasteiger partial charge is 0.361 e. The summed E-state index contributed by atoms with van der Waals surface area (Å²) in [5.74, 6) is -0.784. The summed E-state index contributed by atoms with van der Waals surface area (Å²) < 4.78 is 53.9. The Labute approximate surface area is 217 Å². The first-order valence-corrected chi connectivity index (χ1v) is 14.1. The molecule has 4 aromatic carbocycles. The smallest absolute Gasteiger partial charge is 0.305 e. The molecule has 0 saturated carbocycles. The molecule has 4 aromatic rings. The van der Waals surface area contributed by atoms with Crippen LogP contribution in [-0.2, 0) is 20.0 Å². The van der Waals surface area contributed by atoms with Crippen LogP contribution < -0.4 is 5.30 Å². The van der Waals surface area contributed by atoms with Gasteiger partial charge in [0.2, 0.25) is 0 Å². The molecule has 0 amide bonds. The number of rotatable bonds is 10. The van der Waals surface area contributed by atoms with Gasteiger partial charge in [-0.15, -0.1) is 0 Å². The van der Waals surface area contributed by atoms with Crippen molar-refractivity contribution in [1.82, 2.24) is 0 Å². The van der Waals surface area contributed by atoms with E-state index in [9.17, 15) is 4.57 Å². The summed E-state index contributed by atoms with van der Waals surface area (Å²) in [4.78, 5) is 0. The second-order valence-electron chi connectivity index (χ2n) is 8.72. The Bertz CT molecular complexity index is 1390. The molecule has 0 N–H and O–H groups in total. The van der Waals surface area contributed by atoms with E-state index in [0.717, 1.165) is 18.4 Å². The predicted octanol–water partition coefficient (Wildman–Crippen LogP) is 8.81. The minimum Gasteiger partial charge on any atom is -0.305 e. The van der Waals surface area contributed by atoms with Gasteiger partial charge in [-0.05, 0) is 72.4 Å². The van der Waals surface area contributed by atoms with Gasteiger partial charge in [0.15, 0.2) is 0 Å². The molecule has 0 fully saturated rings. The minimum absolute atomic E-state index is 0.252. The van der Waals surface area contributed by atoms with Crippen molar-refractivity contribution in [2.75, 3.05) is 13.2 Å². The van der Waals surface area contributed by atoms with Gasteiger partial charge in [-0.2, -0.15) is 0 Å². The van der Waals surface area contributed by atoms with Gasteiger partial charge in [0.25, 0.3) is 0 Å². The van der Waals surface area contributed by atoms with Crippen LogP contribution in [0.25, 0.3) is 33.4 Å². The molecule has 0 radical (unpaired) electrons. The van der Waals surface area contributed by atoms with E-state index < -0.39 is 13.4 Å². The highest BCUT2D eigenvalue weighted by Gasteiger charge is 2.26. The van der Waals surface area contributed by atoms with Crippen LogP contribution in [0.5, 0.6) is 0 Å². The topological polar surface area (TPSA) is 35.5 Å². The van der Waals surface area contributed by atoms with Crippen molar-refractivity contribution in [3.8, 4) is 33.4 Å². The second-order valence-corrected chi connectivity index (χ2v) is 10.7. The van der Waals surface area contributed by atoms with Crippen LogP contribution in [0.15, 0.2) is 84.9 Å². The summed E-state index contributed by atoms with van der Waals surface area (Å²) in [7, 11) is -3.41.